The minimum absolute atomic E-state index is 0.447. The lowest BCUT2D eigenvalue weighted by molar-refractivity contribution is -0.131. The molecule has 0 aromatic heterocycles. The third-order valence-corrected chi connectivity index (χ3v) is 3.53. The van der Waals surface area contributed by atoms with Gasteiger partial charge in [-0.3, -0.25) is 0 Å². The number of benzene rings is 2. The van der Waals surface area contributed by atoms with E-state index in [9.17, 15) is 4.79 Å². The number of rotatable bonds is 5. The molecule has 1 N–H and O–H groups in total. The van der Waals surface area contributed by atoms with E-state index in [-0.39, 0.29) is 0 Å². The van der Waals surface area contributed by atoms with Crippen molar-refractivity contribution in [2.24, 2.45) is 0 Å². The van der Waals surface area contributed by atoms with Gasteiger partial charge in [-0.1, -0.05) is 44.2 Å². The van der Waals surface area contributed by atoms with Crippen molar-refractivity contribution in [2.45, 2.75) is 19.8 Å². The molecule has 0 aliphatic heterocycles. The molecule has 0 fully saturated rings. The Hall–Kier alpha value is -2.55. The van der Waals surface area contributed by atoms with Crippen molar-refractivity contribution in [3.63, 3.8) is 0 Å². The summed E-state index contributed by atoms with van der Waals surface area (Å²) in [4.78, 5) is 10.5. The van der Waals surface area contributed by atoms with Crippen molar-refractivity contribution < 1.29 is 14.6 Å². The summed E-state index contributed by atoms with van der Waals surface area (Å²) in [5, 5.41) is 8.65. The van der Waals surface area contributed by atoms with E-state index in [1.807, 2.05) is 30.3 Å². The first-order chi connectivity index (χ1) is 10.5. The zero-order chi connectivity index (χ0) is 16.1. The molecule has 2 aromatic carbocycles. The summed E-state index contributed by atoms with van der Waals surface area (Å²) in [6.45, 7) is 4.32. The molecule has 0 aliphatic carbocycles. The van der Waals surface area contributed by atoms with Crippen LogP contribution in [0.1, 0.15) is 30.9 Å². The van der Waals surface area contributed by atoms with E-state index in [1.54, 1.807) is 13.2 Å². The maximum absolute atomic E-state index is 10.5. The van der Waals surface area contributed by atoms with Crippen molar-refractivity contribution in [1.29, 1.82) is 0 Å². The van der Waals surface area contributed by atoms with Gasteiger partial charge in [-0.05, 0) is 40.8 Å². The van der Waals surface area contributed by atoms with Gasteiger partial charge in [0.05, 0.1) is 7.11 Å². The predicted octanol–water partition coefficient (Wildman–Crippen LogP) is 4.58. The fourth-order valence-electron chi connectivity index (χ4n) is 2.25. The lowest BCUT2D eigenvalue weighted by Crippen LogP contribution is -1.93. The van der Waals surface area contributed by atoms with E-state index in [0.29, 0.717) is 5.92 Å². The second-order valence-corrected chi connectivity index (χ2v) is 5.41. The molecule has 2 rings (SSSR count). The Bertz CT molecular complexity index is 682. The first-order valence-corrected chi connectivity index (χ1v) is 7.20. The predicted molar refractivity (Wildman–Crippen MR) is 89.2 cm³/mol. The van der Waals surface area contributed by atoms with Crippen molar-refractivity contribution in [1.82, 2.24) is 0 Å². The largest absolute Gasteiger partial charge is 0.496 e. The molecule has 3 heteroatoms. The van der Waals surface area contributed by atoms with E-state index in [4.69, 9.17) is 9.84 Å². The molecule has 0 unspecified atom stereocenters. The number of carbonyl (C=O) groups is 1. The molecule has 114 valence electrons. The monoisotopic (exact) mass is 296 g/mol. The summed E-state index contributed by atoms with van der Waals surface area (Å²) in [7, 11) is 1.66. The maximum atomic E-state index is 10.5. The molecule has 0 radical (unpaired) electrons. The van der Waals surface area contributed by atoms with Gasteiger partial charge in [-0.2, -0.15) is 0 Å². The highest BCUT2D eigenvalue weighted by molar-refractivity contribution is 5.85. The molecule has 3 nitrogen and oxygen atoms in total. The van der Waals surface area contributed by atoms with Crippen LogP contribution in [0.4, 0.5) is 0 Å². The minimum atomic E-state index is -0.949. The van der Waals surface area contributed by atoms with Crippen LogP contribution in [0, 0.1) is 0 Å². The van der Waals surface area contributed by atoms with E-state index >= 15 is 0 Å². The van der Waals surface area contributed by atoms with Crippen LogP contribution in [-0.2, 0) is 4.79 Å². The fraction of sp³-hybridized carbons (Fsp3) is 0.211. The summed E-state index contributed by atoms with van der Waals surface area (Å²) in [5.41, 5.74) is 4.20. The van der Waals surface area contributed by atoms with Gasteiger partial charge in [0.2, 0.25) is 0 Å². The van der Waals surface area contributed by atoms with Gasteiger partial charge in [-0.15, -0.1) is 0 Å². The van der Waals surface area contributed by atoms with Crippen molar-refractivity contribution in [3.8, 4) is 16.9 Å². The summed E-state index contributed by atoms with van der Waals surface area (Å²) in [6, 6.07) is 14.0. The zero-order valence-electron chi connectivity index (χ0n) is 13.0. The van der Waals surface area contributed by atoms with Gasteiger partial charge < -0.3 is 9.84 Å². The number of methoxy groups -OCH3 is 1. The van der Waals surface area contributed by atoms with Crippen molar-refractivity contribution in [3.05, 3.63) is 59.7 Å². The van der Waals surface area contributed by atoms with Crippen LogP contribution < -0.4 is 4.74 Å². The number of ether oxygens (including phenoxy) is 1. The van der Waals surface area contributed by atoms with Crippen LogP contribution in [0.15, 0.2) is 48.5 Å². The summed E-state index contributed by atoms with van der Waals surface area (Å²) < 4.78 is 5.45. The van der Waals surface area contributed by atoms with E-state index in [2.05, 4.69) is 26.0 Å². The Balaban J connectivity index is 2.38. The van der Waals surface area contributed by atoms with Crippen molar-refractivity contribution in [2.75, 3.05) is 7.11 Å². The maximum Gasteiger partial charge on any atom is 0.328 e. The normalized spacial score (nSPS) is 11.1. The second kappa shape index (κ2) is 6.94. The number of hydrogen-bond donors (Lipinski definition) is 1. The molecule has 2 aromatic rings. The molecule has 0 saturated carbocycles. The standard InChI is InChI=1S/C19H20O3/c1-13(2)16-9-10-18(22-3)17(12-16)15-7-4-14(5-8-15)6-11-19(20)21/h4-13H,1-3H3,(H,20,21)/b11-6+. The van der Waals surface area contributed by atoms with Crippen LogP contribution >= 0.6 is 0 Å². The lowest BCUT2D eigenvalue weighted by atomic mass is 9.96. The second-order valence-electron chi connectivity index (χ2n) is 5.41. The van der Waals surface area contributed by atoms with Crippen molar-refractivity contribution >= 4 is 12.0 Å². The topological polar surface area (TPSA) is 46.5 Å². The van der Waals surface area contributed by atoms with Gasteiger partial charge in [0, 0.05) is 11.6 Å². The summed E-state index contributed by atoms with van der Waals surface area (Å²) >= 11 is 0. The Morgan fingerprint density at radius 2 is 1.82 bits per heavy atom. The van der Waals surface area contributed by atoms with E-state index < -0.39 is 5.97 Å². The molecule has 0 bridgehead atoms. The highest BCUT2D eigenvalue weighted by Gasteiger charge is 2.09. The quantitative estimate of drug-likeness (QED) is 0.821. The van der Waals surface area contributed by atoms with Gasteiger partial charge >= 0.3 is 5.97 Å². The van der Waals surface area contributed by atoms with Crippen LogP contribution in [-0.4, -0.2) is 18.2 Å². The molecule has 0 aliphatic rings. The first kappa shape index (κ1) is 15.8. The molecule has 22 heavy (non-hydrogen) atoms. The Kier molecular flexibility index (Phi) is 4.99. The Morgan fingerprint density at radius 3 is 2.36 bits per heavy atom. The SMILES string of the molecule is COc1ccc(C(C)C)cc1-c1ccc(/C=C/C(=O)O)cc1. The minimum Gasteiger partial charge on any atom is -0.496 e. The fourth-order valence-corrected chi connectivity index (χ4v) is 2.25. The number of carboxylic acid groups (broad SMARTS) is 1. The van der Waals surface area contributed by atoms with Crippen LogP contribution in [0.2, 0.25) is 0 Å². The van der Waals surface area contributed by atoms with Crippen LogP contribution in [0.3, 0.4) is 0 Å². The third-order valence-electron chi connectivity index (χ3n) is 3.53. The van der Waals surface area contributed by atoms with E-state index in [0.717, 1.165) is 28.5 Å². The van der Waals surface area contributed by atoms with Gasteiger partial charge in [0.25, 0.3) is 0 Å². The third kappa shape index (κ3) is 3.76. The first-order valence-electron chi connectivity index (χ1n) is 7.20. The molecule has 0 atom stereocenters. The zero-order valence-corrected chi connectivity index (χ0v) is 13.0. The number of hydrogen-bond acceptors (Lipinski definition) is 2. The number of aliphatic carboxylic acids is 1. The van der Waals surface area contributed by atoms with Gasteiger partial charge in [-0.25, -0.2) is 4.79 Å². The highest BCUT2D eigenvalue weighted by Crippen LogP contribution is 2.33. The summed E-state index contributed by atoms with van der Waals surface area (Å²) in [6.07, 6.45) is 2.71. The number of carboxylic acids is 1. The molecular weight excluding hydrogens is 276 g/mol. The van der Waals surface area contributed by atoms with Crippen LogP contribution in [0.5, 0.6) is 5.75 Å². The van der Waals surface area contributed by atoms with E-state index in [1.165, 1.54) is 5.56 Å². The van der Waals surface area contributed by atoms with Gasteiger partial charge in [0.15, 0.2) is 0 Å². The smallest absolute Gasteiger partial charge is 0.328 e. The Morgan fingerprint density at radius 1 is 1.14 bits per heavy atom. The summed E-state index contributed by atoms with van der Waals surface area (Å²) in [5.74, 6) is 0.330. The lowest BCUT2D eigenvalue weighted by Gasteiger charge is -2.13. The average Bonchev–Trinajstić information content (AvgIpc) is 2.52. The molecule has 0 spiro atoms. The Labute approximate surface area is 130 Å². The molecule has 0 saturated heterocycles. The molecule has 0 amide bonds. The highest BCUT2D eigenvalue weighted by atomic mass is 16.5. The van der Waals surface area contributed by atoms with Crippen LogP contribution in [0.25, 0.3) is 17.2 Å². The van der Waals surface area contributed by atoms with Gasteiger partial charge in [0.1, 0.15) is 5.75 Å². The molecule has 0 heterocycles. The average molecular weight is 296 g/mol. The molecular formula is C19H20O3.